The number of rotatable bonds is 5. The highest BCUT2D eigenvalue weighted by Gasteiger charge is 2.13. The van der Waals surface area contributed by atoms with Gasteiger partial charge in [-0.25, -0.2) is 0 Å². The molecule has 1 aromatic rings. The maximum absolute atomic E-state index is 5.86. The van der Waals surface area contributed by atoms with Crippen LogP contribution in [0.3, 0.4) is 0 Å². The summed E-state index contributed by atoms with van der Waals surface area (Å²) in [5.74, 6) is 2.08. The molecule has 0 radical (unpaired) electrons. The van der Waals surface area contributed by atoms with Gasteiger partial charge in [0.25, 0.3) is 0 Å². The van der Waals surface area contributed by atoms with Crippen molar-refractivity contribution in [3.8, 4) is 5.75 Å². The number of ether oxygens (including phenoxy) is 1. The topological polar surface area (TPSA) is 47.3 Å². The van der Waals surface area contributed by atoms with Crippen LogP contribution in [0.1, 0.15) is 26.2 Å². The van der Waals surface area contributed by atoms with Crippen LogP contribution in [0.25, 0.3) is 0 Å². The Morgan fingerprint density at radius 1 is 1.44 bits per heavy atom. The standard InChI is InChI=1S/C14H22N2OS/c1-2-17-14-9-11(6-7-13(14)15)16-10-12-5-3-4-8-18-12/h6-7,9,12,16H,2-5,8,10,15H2,1H3. The Morgan fingerprint density at radius 3 is 3.06 bits per heavy atom. The van der Waals surface area contributed by atoms with E-state index in [0.29, 0.717) is 12.3 Å². The molecule has 1 aliphatic rings. The molecule has 2 rings (SSSR count). The number of nitrogens with one attached hydrogen (secondary N) is 1. The quantitative estimate of drug-likeness (QED) is 0.802. The second-order valence-electron chi connectivity index (χ2n) is 4.56. The monoisotopic (exact) mass is 266 g/mol. The summed E-state index contributed by atoms with van der Waals surface area (Å²) in [6.45, 7) is 3.64. The highest BCUT2D eigenvalue weighted by Crippen LogP contribution is 2.28. The molecule has 18 heavy (non-hydrogen) atoms. The zero-order valence-electron chi connectivity index (χ0n) is 10.9. The number of nitrogens with two attached hydrogens (primary N) is 1. The van der Waals surface area contributed by atoms with Crippen molar-refractivity contribution in [3.63, 3.8) is 0 Å². The van der Waals surface area contributed by atoms with Crippen LogP contribution >= 0.6 is 11.8 Å². The molecule has 0 saturated carbocycles. The molecule has 1 aromatic carbocycles. The maximum atomic E-state index is 5.86. The van der Waals surface area contributed by atoms with E-state index in [1.54, 1.807) is 0 Å². The zero-order chi connectivity index (χ0) is 12.8. The Morgan fingerprint density at radius 2 is 2.33 bits per heavy atom. The van der Waals surface area contributed by atoms with Gasteiger partial charge in [-0.1, -0.05) is 6.42 Å². The summed E-state index contributed by atoms with van der Waals surface area (Å²) in [6.07, 6.45) is 4.06. The fraction of sp³-hybridized carbons (Fsp3) is 0.571. The van der Waals surface area contributed by atoms with Gasteiger partial charge in [-0.05, 0) is 37.7 Å². The van der Waals surface area contributed by atoms with Crippen molar-refractivity contribution in [2.45, 2.75) is 31.4 Å². The smallest absolute Gasteiger partial charge is 0.144 e. The van der Waals surface area contributed by atoms with E-state index < -0.39 is 0 Å². The Bertz CT molecular complexity index is 378. The van der Waals surface area contributed by atoms with Gasteiger partial charge in [0.2, 0.25) is 0 Å². The molecule has 0 spiro atoms. The molecule has 1 heterocycles. The number of nitrogen functional groups attached to an aromatic ring is 1. The van der Waals surface area contributed by atoms with Gasteiger partial charge in [-0.15, -0.1) is 0 Å². The minimum Gasteiger partial charge on any atom is -0.492 e. The fourth-order valence-electron chi connectivity index (χ4n) is 2.12. The second-order valence-corrected chi connectivity index (χ2v) is 5.96. The summed E-state index contributed by atoms with van der Waals surface area (Å²) >= 11 is 2.08. The summed E-state index contributed by atoms with van der Waals surface area (Å²) in [4.78, 5) is 0. The van der Waals surface area contributed by atoms with E-state index in [-0.39, 0.29) is 0 Å². The maximum Gasteiger partial charge on any atom is 0.144 e. The molecule has 0 aromatic heterocycles. The van der Waals surface area contributed by atoms with Crippen molar-refractivity contribution in [1.82, 2.24) is 0 Å². The van der Waals surface area contributed by atoms with Gasteiger partial charge in [0.15, 0.2) is 0 Å². The molecule has 3 nitrogen and oxygen atoms in total. The lowest BCUT2D eigenvalue weighted by Gasteiger charge is -2.22. The highest BCUT2D eigenvalue weighted by molar-refractivity contribution is 7.99. The largest absolute Gasteiger partial charge is 0.492 e. The van der Waals surface area contributed by atoms with Gasteiger partial charge in [0.1, 0.15) is 5.75 Å². The minimum atomic E-state index is 0.645. The van der Waals surface area contributed by atoms with Crippen molar-refractivity contribution in [2.75, 3.05) is 30.0 Å². The summed E-state index contributed by atoms with van der Waals surface area (Å²) in [5.41, 5.74) is 7.66. The van der Waals surface area contributed by atoms with E-state index >= 15 is 0 Å². The lowest BCUT2D eigenvalue weighted by atomic mass is 10.2. The Balaban J connectivity index is 1.90. The second kappa shape index (κ2) is 6.78. The molecule has 1 saturated heterocycles. The van der Waals surface area contributed by atoms with E-state index in [1.165, 1.54) is 25.0 Å². The molecule has 0 bridgehead atoms. The third-order valence-electron chi connectivity index (χ3n) is 3.12. The molecule has 1 aliphatic heterocycles. The summed E-state index contributed by atoms with van der Waals surface area (Å²) < 4.78 is 5.50. The molecule has 4 heteroatoms. The predicted octanol–water partition coefficient (Wildman–Crippen LogP) is 3.37. The first kappa shape index (κ1) is 13.4. The van der Waals surface area contributed by atoms with Gasteiger partial charge >= 0.3 is 0 Å². The molecule has 100 valence electrons. The van der Waals surface area contributed by atoms with Crippen molar-refractivity contribution >= 4 is 23.1 Å². The molecule has 0 aliphatic carbocycles. The number of anilines is 2. The third-order valence-corrected chi connectivity index (χ3v) is 4.52. The van der Waals surface area contributed by atoms with E-state index in [1.807, 2.05) is 25.1 Å². The van der Waals surface area contributed by atoms with Crippen LogP contribution in [-0.2, 0) is 0 Å². The molecule has 1 fully saturated rings. The van der Waals surface area contributed by atoms with E-state index in [0.717, 1.165) is 23.2 Å². The molecule has 0 amide bonds. The number of thioether (sulfide) groups is 1. The van der Waals surface area contributed by atoms with Crippen LogP contribution in [-0.4, -0.2) is 24.2 Å². The van der Waals surface area contributed by atoms with E-state index in [4.69, 9.17) is 10.5 Å². The van der Waals surface area contributed by atoms with Gasteiger partial charge < -0.3 is 15.8 Å². The van der Waals surface area contributed by atoms with Gasteiger partial charge in [-0.2, -0.15) is 11.8 Å². The first-order chi connectivity index (χ1) is 8.79. The van der Waals surface area contributed by atoms with Gasteiger partial charge in [-0.3, -0.25) is 0 Å². The Labute approximate surface area is 113 Å². The first-order valence-electron chi connectivity index (χ1n) is 6.67. The van der Waals surface area contributed by atoms with Gasteiger partial charge in [0.05, 0.1) is 12.3 Å². The summed E-state index contributed by atoms with van der Waals surface area (Å²) in [6, 6.07) is 5.92. The third kappa shape index (κ3) is 3.73. The van der Waals surface area contributed by atoms with Crippen molar-refractivity contribution in [3.05, 3.63) is 18.2 Å². The molecule has 3 N–H and O–H groups in total. The van der Waals surface area contributed by atoms with Gasteiger partial charge in [0, 0.05) is 23.5 Å². The van der Waals surface area contributed by atoms with Crippen LogP contribution in [0.4, 0.5) is 11.4 Å². The summed E-state index contributed by atoms with van der Waals surface area (Å²) in [7, 11) is 0. The van der Waals surface area contributed by atoms with E-state index in [2.05, 4.69) is 17.1 Å². The number of hydrogen-bond donors (Lipinski definition) is 2. The minimum absolute atomic E-state index is 0.645. The predicted molar refractivity (Wildman–Crippen MR) is 80.6 cm³/mol. The molecular weight excluding hydrogens is 244 g/mol. The van der Waals surface area contributed by atoms with Crippen molar-refractivity contribution in [1.29, 1.82) is 0 Å². The van der Waals surface area contributed by atoms with Crippen molar-refractivity contribution in [2.24, 2.45) is 0 Å². The lowest BCUT2D eigenvalue weighted by molar-refractivity contribution is 0.342. The van der Waals surface area contributed by atoms with Crippen LogP contribution < -0.4 is 15.8 Å². The van der Waals surface area contributed by atoms with Crippen LogP contribution in [0.5, 0.6) is 5.75 Å². The Hall–Kier alpha value is -1.03. The van der Waals surface area contributed by atoms with Crippen LogP contribution in [0, 0.1) is 0 Å². The van der Waals surface area contributed by atoms with Crippen LogP contribution in [0.2, 0.25) is 0 Å². The van der Waals surface area contributed by atoms with Crippen molar-refractivity contribution < 1.29 is 4.74 Å². The van der Waals surface area contributed by atoms with E-state index in [9.17, 15) is 0 Å². The lowest BCUT2D eigenvalue weighted by Crippen LogP contribution is -2.20. The Kier molecular flexibility index (Phi) is 5.05. The average molecular weight is 266 g/mol. The van der Waals surface area contributed by atoms with Crippen LogP contribution in [0.15, 0.2) is 18.2 Å². The number of benzene rings is 1. The number of hydrogen-bond acceptors (Lipinski definition) is 4. The first-order valence-corrected chi connectivity index (χ1v) is 7.72. The molecular formula is C14H22N2OS. The average Bonchev–Trinajstić information content (AvgIpc) is 2.41. The molecule has 1 unspecified atom stereocenters. The SMILES string of the molecule is CCOc1cc(NCC2CCCCS2)ccc1N. The summed E-state index contributed by atoms with van der Waals surface area (Å²) in [5, 5.41) is 4.23. The zero-order valence-corrected chi connectivity index (χ0v) is 11.8. The molecule has 1 atom stereocenters. The highest BCUT2D eigenvalue weighted by atomic mass is 32.2. The normalized spacial score (nSPS) is 19.5. The fourth-order valence-corrected chi connectivity index (χ4v) is 3.36.